The first kappa shape index (κ1) is 15.3. The van der Waals surface area contributed by atoms with E-state index >= 15 is 0 Å². The van der Waals surface area contributed by atoms with E-state index in [4.69, 9.17) is 15.7 Å². The monoisotopic (exact) mass is 295 g/mol. The standard InChI is InChI=1S/C13H21N5O3/c1-17-6-5-15-10(17)9-18(2)12(19)13(11(14)16-20)3-7-21-8-4-13/h5-6,20H,3-4,7-9H2,1-2H3,(H2,14,16). The van der Waals surface area contributed by atoms with Crippen molar-refractivity contribution in [3.8, 4) is 0 Å². The summed E-state index contributed by atoms with van der Waals surface area (Å²) >= 11 is 0. The smallest absolute Gasteiger partial charge is 0.236 e. The lowest BCUT2D eigenvalue weighted by molar-refractivity contribution is -0.142. The van der Waals surface area contributed by atoms with Gasteiger partial charge in [-0.3, -0.25) is 4.79 Å². The van der Waals surface area contributed by atoms with E-state index in [0.29, 0.717) is 32.6 Å². The maximum absolute atomic E-state index is 12.8. The highest BCUT2D eigenvalue weighted by Crippen LogP contribution is 2.33. The predicted molar refractivity (Wildman–Crippen MR) is 75.6 cm³/mol. The number of rotatable bonds is 4. The summed E-state index contributed by atoms with van der Waals surface area (Å²) in [6, 6.07) is 0. The number of hydrogen-bond acceptors (Lipinski definition) is 5. The number of hydrogen-bond donors (Lipinski definition) is 2. The molecule has 0 radical (unpaired) electrons. The number of amidine groups is 1. The van der Waals surface area contributed by atoms with Crippen molar-refractivity contribution in [1.82, 2.24) is 14.5 Å². The van der Waals surface area contributed by atoms with Crippen LogP contribution in [0.1, 0.15) is 18.7 Å². The van der Waals surface area contributed by atoms with Crippen molar-refractivity contribution in [3.63, 3.8) is 0 Å². The average Bonchev–Trinajstić information content (AvgIpc) is 2.91. The van der Waals surface area contributed by atoms with E-state index in [1.54, 1.807) is 18.1 Å². The van der Waals surface area contributed by atoms with Crippen LogP contribution in [0.5, 0.6) is 0 Å². The second kappa shape index (κ2) is 6.13. The molecule has 1 amide bonds. The van der Waals surface area contributed by atoms with Crippen molar-refractivity contribution >= 4 is 11.7 Å². The number of oxime groups is 1. The average molecular weight is 295 g/mol. The third-order valence-corrected chi connectivity index (χ3v) is 4.00. The van der Waals surface area contributed by atoms with E-state index in [2.05, 4.69) is 10.1 Å². The summed E-state index contributed by atoms with van der Waals surface area (Å²) in [5.74, 6) is 0.541. The third kappa shape index (κ3) is 2.85. The van der Waals surface area contributed by atoms with Gasteiger partial charge in [0, 0.05) is 39.7 Å². The number of aromatic nitrogens is 2. The Morgan fingerprint density at radius 2 is 2.29 bits per heavy atom. The molecule has 2 rings (SSSR count). The summed E-state index contributed by atoms with van der Waals surface area (Å²) in [6.07, 6.45) is 4.32. The number of aryl methyl sites for hydroxylation is 1. The minimum atomic E-state index is -0.993. The lowest BCUT2D eigenvalue weighted by Crippen LogP contribution is -2.53. The quantitative estimate of drug-likeness (QED) is 0.350. The van der Waals surface area contributed by atoms with E-state index in [9.17, 15) is 4.79 Å². The van der Waals surface area contributed by atoms with Crippen LogP contribution in [0.4, 0.5) is 0 Å². The van der Waals surface area contributed by atoms with Crippen LogP contribution in [-0.4, -0.2) is 51.7 Å². The molecule has 0 atom stereocenters. The Labute approximate surface area is 123 Å². The van der Waals surface area contributed by atoms with Gasteiger partial charge in [0.25, 0.3) is 0 Å². The summed E-state index contributed by atoms with van der Waals surface area (Å²) in [4.78, 5) is 18.6. The zero-order chi connectivity index (χ0) is 15.5. The molecule has 116 valence electrons. The fourth-order valence-corrected chi connectivity index (χ4v) is 2.59. The fraction of sp³-hybridized carbons (Fsp3) is 0.615. The Morgan fingerprint density at radius 3 is 2.81 bits per heavy atom. The first-order chi connectivity index (χ1) is 10.0. The molecule has 0 spiro atoms. The SMILES string of the molecule is CN(Cc1nccn1C)C(=O)C1(C(N)=NO)CCOCC1. The van der Waals surface area contributed by atoms with Crippen molar-refractivity contribution in [3.05, 3.63) is 18.2 Å². The largest absolute Gasteiger partial charge is 0.409 e. The Bertz CT molecular complexity index is 534. The molecule has 1 fully saturated rings. The van der Waals surface area contributed by atoms with E-state index in [1.165, 1.54) is 0 Å². The number of amides is 1. The van der Waals surface area contributed by atoms with Crippen molar-refractivity contribution in [2.45, 2.75) is 19.4 Å². The molecule has 0 bridgehead atoms. The molecule has 1 aromatic heterocycles. The lowest BCUT2D eigenvalue weighted by Gasteiger charge is -2.37. The van der Waals surface area contributed by atoms with Crippen molar-refractivity contribution in [2.24, 2.45) is 23.4 Å². The van der Waals surface area contributed by atoms with E-state index in [0.717, 1.165) is 5.82 Å². The van der Waals surface area contributed by atoms with Crippen LogP contribution in [0.3, 0.4) is 0 Å². The first-order valence-corrected chi connectivity index (χ1v) is 6.79. The second-order valence-corrected chi connectivity index (χ2v) is 5.30. The van der Waals surface area contributed by atoms with E-state index < -0.39 is 5.41 Å². The van der Waals surface area contributed by atoms with Gasteiger partial charge in [-0.2, -0.15) is 0 Å². The van der Waals surface area contributed by atoms with Gasteiger partial charge in [-0.1, -0.05) is 5.16 Å². The van der Waals surface area contributed by atoms with Crippen LogP contribution >= 0.6 is 0 Å². The lowest BCUT2D eigenvalue weighted by atomic mass is 9.77. The molecule has 0 unspecified atom stereocenters. The van der Waals surface area contributed by atoms with Crippen LogP contribution < -0.4 is 5.73 Å². The van der Waals surface area contributed by atoms with Crippen LogP contribution in [0, 0.1) is 5.41 Å². The maximum Gasteiger partial charge on any atom is 0.236 e. The third-order valence-electron chi connectivity index (χ3n) is 4.00. The molecule has 1 aliphatic heterocycles. The van der Waals surface area contributed by atoms with Crippen molar-refractivity contribution in [2.75, 3.05) is 20.3 Å². The Kier molecular flexibility index (Phi) is 4.46. The molecular weight excluding hydrogens is 274 g/mol. The minimum absolute atomic E-state index is 0.0532. The molecule has 0 aromatic carbocycles. The van der Waals surface area contributed by atoms with Gasteiger partial charge in [-0.25, -0.2) is 4.98 Å². The van der Waals surface area contributed by atoms with Crippen molar-refractivity contribution in [1.29, 1.82) is 0 Å². The highest BCUT2D eigenvalue weighted by atomic mass is 16.5. The molecule has 0 aliphatic carbocycles. The van der Waals surface area contributed by atoms with Crippen LogP contribution in [0.2, 0.25) is 0 Å². The topological polar surface area (TPSA) is 106 Å². The van der Waals surface area contributed by atoms with Crippen LogP contribution in [-0.2, 0) is 23.1 Å². The van der Waals surface area contributed by atoms with Gasteiger partial charge in [-0.15, -0.1) is 0 Å². The Hall–Kier alpha value is -2.09. The van der Waals surface area contributed by atoms with Gasteiger partial charge in [0.15, 0.2) is 5.84 Å². The first-order valence-electron chi connectivity index (χ1n) is 6.79. The minimum Gasteiger partial charge on any atom is -0.409 e. The fourth-order valence-electron chi connectivity index (χ4n) is 2.59. The molecule has 1 saturated heterocycles. The second-order valence-electron chi connectivity index (χ2n) is 5.30. The molecule has 8 nitrogen and oxygen atoms in total. The van der Waals surface area contributed by atoms with Gasteiger partial charge < -0.3 is 25.1 Å². The highest BCUT2D eigenvalue weighted by molar-refractivity contribution is 6.06. The number of imidazole rings is 1. The number of nitrogens with two attached hydrogens (primary N) is 1. The van der Waals surface area contributed by atoms with Crippen molar-refractivity contribution < 1.29 is 14.7 Å². The Balaban J connectivity index is 2.20. The highest BCUT2D eigenvalue weighted by Gasteiger charge is 2.46. The van der Waals surface area contributed by atoms with E-state index in [1.807, 2.05) is 17.8 Å². The summed E-state index contributed by atoms with van der Waals surface area (Å²) in [7, 11) is 3.56. The summed E-state index contributed by atoms with van der Waals surface area (Å²) < 4.78 is 7.15. The van der Waals surface area contributed by atoms with Crippen LogP contribution in [0.25, 0.3) is 0 Å². The number of ether oxygens (including phenoxy) is 1. The van der Waals surface area contributed by atoms with Gasteiger partial charge in [-0.05, 0) is 12.8 Å². The predicted octanol–water partition coefficient (Wildman–Crippen LogP) is -0.0783. The molecule has 0 saturated carbocycles. The van der Waals surface area contributed by atoms with Crippen LogP contribution in [0.15, 0.2) is 17.5 Å². The normalized spacial score (nSPS) is 18.5. The van der Waals surface area contributed by atoms with Gasteiger partial charge >= 0.3 is 0 Å². The molecule has 8 heteroatoms. The van der Waals surface area contributed by atoms with Gasteiger partial charge in [0.05, 0.1) is 6.54 Å². The zero-order valence-electron chi connectivity index (χ0n) is 12.3. The molecule has 1 aromatic rings. The summed E-state index contributed by atoms with van der Waals surface area (Å²) in [5, 5.41) is 12.1. The zero-order valence-corrected chi connectivity index (χ0v) is 12.3. The van der Waals surface area contributed by atoms with Gasteiger partial charge in [0.1, 0.15) is 11.2 Å². The number of carbonyl (C=O) groups is 1. The number of carbonyl (C=O) groups excluding carboxylic acids is 1. The van der Waals surface area contributed by atoms with Gasteiger partial charge in [0.2, 0.25) is 5.91 Å². The molecule has 3 N–H and O–H groups in total. The molecular formula is C13H21N5O3. The maximum atomic E-state index is 12.8. The Morgan fingerprint density at radius 1 is 1.62 bits per heavy atom. The summed E-state index contributed by atoms with van der Waals surface area (Å²) in [5.41, 5.74) is 4.81. The number of nitrogens with zero attached hydrogens (tertiary/aromatic N) is 4. The summed E-state index contributed by atoms with van der Waals surface area (Å²) in [6.45, 7) is 1.19. The molecule has 21 heavy (non-hydrogen) atoms. The van der Waals surface area contributed by atoms with E-state index in [-0.39, 0.29) is 11.7 Å². The molecule has 2 heterocycles. The molecule has 1 aliphatic rings.